The number of fused-ring (bicyclic) bond motifs is 7. The van der Waals surface area contributed by atoms with E-state index in [0.29, 0.717) is 25.4 Å². The summed E-state index contributed by atoms with van der Waals surface area (Å²) in [7, 11) is 0. The minimum atomic E-state index is -2.19. The number of esters is 1. The van der Waals surface area contributed by atoms with Crippen LogP contribution in [0.1, 0.15) is 53.4 Å². The van der Waals surface area contributed by atoms with Crippen LogP contribution < -0.4 is 0 Å². The van der Waals surface area contributed by atoms with E-state index in [0.717, 1.165) is 13.0 Å². The fourth-order valence-electron chi connectivity index (χ4n) is 9.00. The molecule has 5 nitrogen and oxygen atoms in total. The summed E-state index contributed by atoms with van der Waals surface area (Å²) < 4.78 is 51.3. The maximum absolute atomic E-state index is 17.4. The summed E-state index contributed by atoms with van der Waals surface area (Å²) in [6, 6.07) is 0. The molecule has 9 atom stereocenters. The van der Waals surface area contributed by atoms with Crippen molar-refractivity contribution in [1.29, 1.82) is 0 Å². The summed E-state index contributed by atoms with van der Waals surface area (Å²) in [5, 5.41) is 11.5. The first-order valence-electron chi connectivity index (χ1n) is 13.3. The molecule has 1 heterocycles. The van der Waals surface area contributed by atoms with E-state index in [1.807, 2.05) is 6.92 Å². The Kier molecular flexibility index (Phi) is 6.07. The Balaban J connectivity index is 1.57. The highest BCUT2D eigenvalue weighted by Gasteiger charge is 2.78. The largest absolute Gasteiger partial charge is 0.433 e. The maximum Gasteiger partial charge on any atom is 0.316 e. The van der Waals surface area contributed by atoms with Gasteiger partial charge in [0.2, 0.25) is 6.86 Å². The van der Waals surface area contributed by atoms with E-state index in [-0.39, 0.29) is 30.1 Å². The summed E-state index contributed by atoms with van der Waals surface area (Å²) in [5.74, 6) is -1.97. The summed E-state index contributed by atoms with van der Waals surface area (Å²) in [5.41, 5.74) is -5.55. The van der Waals surface area contributed by atoms with Gasteiger partial charge in [0.25, 0.3) is 0 Å². The van der Waals surface area contributed by atoms with Gasteiger partial charge < -0.3 is 14.7 Å². The van der Waals surface area contributed by atoms with E-state index in [1.165, 1.54) is 18.2 Å². The van der Waals surface area contributed by atoms with Crippen LogP contribution in [0.5, 0.6) is 0 Å². The minimum Gasteiger partial charge on any atom is -0.433 e. The van der Waals surface area contributed by atoms with E-state index >= 15 is 8.78 Å². The molecule has 0 radical (unpaired) electrons. The SMILES string of the molecule is CC(C)CCN1C[C@@H]2C[C@H]3[C@@H]4C[C@H](F)C5=CC(=O)C=C[C@]5(C)[C@@]4(F)[C@@H](O)C[C@]3(C)[C@]2(C(=O)OCF)C1. The van der Waals surface area contributed by atoms with Gasteiger partial charge in [0.15, 0.2) is 11.5 Å². The second-order valence-corrected chi connectivity index (χ2v) is 12.7. The molecular formula is C28H38F3NO4. The fourth-order valence-corrected chi connectivity index (χ4v) is 9.00. The minimum absolute atomic E-state index is 0.0117. The number of hydrogen-bond donors (Lipinski definition) is 1. The molecule has 36 heavy (non-hydrogen) atoms. The van der Waals surface area contributed by atoms with E-state index in [4.69, 9.17) is 4.74 Å². The molecule has 0 aromatic carbocycles. The molecule has 4 fully saturated rings. The number of aliphatic hydroxyl groups excluding tert-OH is 1. The van der Waals surface area contributed by atoms with Crippen LogP contribution in [0.2, 0.25) is 0 Å². The van der Waals surface area contributed by atoms with Crippen LogP contribution in [0.15, 0.2) is 23.8 Å². The number of ketones is 1. The number of carbonyl (C=O) groups excluding carboxylic acids is 2. The Labute approximate surface area is 211 Å². The Morgan fingerprint density at radius 3 is 2.67 bits per heavy atom. The van der Waals surface area contributed by atoms with Crippen molar-refractivity contribution in [2.45, 2.75) is 71.3 Å². The molecule has 0 amide bonds. The van der Waals surface area contributed by atoms with E-state index in [1.54, 1.807) is 6.92 Å². The van der Waals surface area contributed by atoms with Gasteiger partial charge in [-0.25, -0.2) is 13.2 Å². The number of allylic oxidation sites excluding steroid dienone is 4. The van der Waals surface area contributed by atoms with E-state index < -0.39 is 58.9 Å². The lowest BCUT2D eigenvalue weighted by atomic mass is 9.43. The van der Waals surface area contributed by atoms with Crippen molar-refractivity contribution in [2.24, 2.45) is 39.9 Å². The molecule has 0 aromatic rings. The van der Waals surface area contributed by atoms with E-state index in [2.05, 4.69) is 18.7 Å². The average molecular weight is 510 g/mol. The number of halogens is 3. The van der Waals surface area contributed by atoms with Gasteiger partial charge in [-0.2, -0.15) is 0 Å². The highest BCUT2D eigenvalue weighted by Crippen LogP contribution is 2.74. The number of alkyl halides is 3. The van der Waals surface area contributed by atoms with Crippen molar-refractivity contribution in [2.75, 3.05) is 26.5 Å². The van der Waals surface area contributed by atoms with E-state index in [9.17, 15) is 19.1 Å². The van der Waals surface area contributed by atoms with Crippen LogP contribution in [0.25, 0.3) is 0 Å². The summed E-state index contributed by atoms with van der Waals surface area (Å²) in [6.07, 6.45) is 2.12. The molecule has 1 aliphatic heterocycles. The Bertz CT molecular complexity index is 1010. The first-order valence-corrected chi connectivity index (χ1v) is 13.3. The molecule has 3 saturated carbocycles. The standard InChI is InChI=1S/C28H38F3NO4/c1-16(2)6-8-32-13-17-9-19-20-11-22(30)21-10-18(33)5-7-25(21,3)28(20,31)23(34)12-26(19,4)27(17,14-32)24(35)36-15-29/h5,7,10,16-17,19-20,22-23,34H,6,8-9,11-15H2,1-4H3/t17-,19-,20-,22-,23-,25-,26-,27+,28-/m0/s1. The molecule has 0 bridgehead atoms. The van der Waals surface area contributed by atoms with Gasteiger partial charge in [-0.05, 0) is 80.0 Å². The number of likely N-dealkylation sites (tertiary alicyclic amines) is 1. The van der Waals surface area contributed by atoms with Gasteiger partial charge in [0.1, 0.15) is 6.17 Å². The molecule has 0 unspecified atom stereocenters. The second kappa shape index (κ2) is 8.42. The van der Waals surface area contributed by atoms with Crippen LogP contribution in [-0.4, -0.2) is 66.2 Å². The first-order chi connectivity index (χ1) is 16.8. The average Bonchev–Trinajstić information content (AvgIpc) is 3.29. The number of carbonyl (C=O) groups is 2. The van der Waals surface area contributed by atoms with Crippen molar-refractivity contribution in [1.82, 2.24) is 4.90 Å². The van der Waals surface area contributed by atoms with Gasteiger partial charge >= 0.3 is 5.97 Å². The second-order valence-electron chi connectivity index (χ2n) is 12.7. The molecule has 4 aliphatic carbocycles. The lowest BCUT2D eigenvalue weighted by molar-refractivity contribution is -0.218. The Morgan fingerprint density at radius 1 is 1.28 bits per heavy atom. The van der Waals surface area contributed by atoms with Crippen LogP contribution in [0, 0.1) is 39.9 Å². The summed E-state index contributed by atoms with van der Waals surface area (Å²) in [6.45, 7) is 8.26. The third-order valence-electron chi connectivity index (χ3n) is 10.8. The van der Waals surface area contributed by atoms with Crippen molar-refractivity contribution in [3.63, 3.8) is 0 Å². The van der Waals surface area contributed by atoms with Gasteiger partial charge in [-0.15, -0.1) is 0 Å². The third-order valence-corrected chi connectivity index (χ3v) is 10.8. The number of ether oxygens (including phenoxy) is 1. The highest BCUT2D eigenvalue weighted by molar-refractivity contribution is 6.01. The van der Waals surface area contributed by atoms with Crippen molar-refractivity contribution >= 4 is 11.8 Å². The fraction of sp³-hybridized carbons (Fsp3) is 0.786. The first kappa shape index (κ1) is 26.0. The zero-order valence-corrected chi connectivity index (χ0v) is 21.6. The Morgan fingerprint density at radius 2 is 2.00 bits per heavy atom. The number of hydrogen-bond acceptors (Lipinski definition) is 5. The predicted octanol–water partition coefficient (Wildman–Crippen LogP) is 4.35. The zero-order valence-electron chi connectivity index (χ0n) is 21.6. The topological polar surface area (TPSA) is 66.8 Å². The quantitative estimate of drug-likeness (QED) is 0.559. The van der Waals surface area contributed by atoms with Crippen LogP contribution in [-0.2, 0) is 14.3 Å². The van der Waals surface area contributed by atoms with Gasteiger partial charge in [-0.1, -0.05) is 26.8 Å². The molecule has 0 aromatic heterocycles. The van der Waals surface area contributed by atoms with Crippen molar-refractivity contribution < 1.29 is 32.6 Å². The molecular weight excluding hydrogens is 471 g/mol. The normalized spacial score (nSPS) is 47.8. The zero-order chi connectivity index (χ0) is 26.3. The smallest absolute Gasteiger partial charge is 0.316 e. The Hall–Kier alpha value is -1.67. The number of nitrogens with zero attached hydrogens (tertiary/aromatic N) is 1. The van der Waals surface area contributed by atoms with Gasteiger partial charge in [0, 0.05) is 24.4 Å². The summed E-state index contributed by atoms with van der Waals surface area (Å²) in [4.78, 5) is 27.8. The molecule has 5 aliphatic rings. The molecule has 1 saturated heterocycles. The van der Waals surface area contributed by atoms with Gasteiger partial charge in [0.05, 0.1) is 11.5 Å². The van der Waals surface area contributed by atoms with Crippen LogP contribution in [0.4, 0.5) is 13.2 Å². The monoisotopic (exact) mass is 509 g/mol. The van der Waals surface area contributed by atoms with Crippen LogP contribution in [0.3, 0.4) is 0 Å². The molecule has 1 N–H and O–H groups in total. The summed E-state index contributed by atoms with van der Waals surface area (Å²) >= 11 is 0. The third kappa shape index (κ3) is 3.15. The lowest BCUT2D eigenvalue weighted by Crippen LogP contribution is -2.69. The van der Waals surface area contributed by atoms with Crippen molar-refractivity contribution in [3.8, 4) is 0 Å². The van der Waals surface area contributed by atoms with Crippen LogP contribution >= 0.6 is 0 Å². The highest BCUT2D eigenvalue weighted by atomic mass is 19.1. The number of rotatable bonds is 5. The van der Waals surface area contributed by atoms with Gasteiger partial charge in [-0.3, -0.25) is 9.59 Å². The molecule has 0 spiro atoms. The predicted molar refractivity (Wildman–Crippen MR) is 128 cm³/mol. The molecule has 8 heteroatoms. The van der Waals surface area contributed by atoms with Crippen molar-refractivity contribution in [3.05, 3.63) is 23.8 Å². The maximum atomic E-state index is 17.4. The lowest BCUT2D eigenvalue weighted by Gasteiger charge is -2.63. The number of aliphatic hydroxyl groups is 1. The molecule has 5 rings (SSSR count). The molecule has 200 valence electrons.